The molecular formula is C12H19NO2. The van der Waals surface area contributed by atoms with Gasteiger partial charge in [0.25, 0.3) is 0 Å². The van der Waals surface area contributed by atoms with Crippen LogP contribution in [-0.4, -0.2) is 11.1 Å². The van der Waals surface area contributed by atoms with Gasteiger partial charge in [-0.1, -0.05) is 18.2 Å². The van der Waals surface area contributed by atoms with E-state index in [1.165, 1.54) is 0 Å². The van der Waals surface area contributed by atoms with Crippen molar-refractivity contribution in [1.29, 1.82) is 0 Å². The van der Waals surface area contributed by atoms with Crippen LogP contribution >= 0.6 is 0 Å². The van der Waals surface area contributed by atoms with E-state index in [0.29, 0.717) is 0 Å². The summed E-state index contributed by atoms with van der Waals surface area (Å²) in [7, 11) is 0. The number of hydrogen-bond donors (Lipinski definition) is 2. The van der Waals surface area contributed by atoms with Gasteiger partial charge in [-0.25, -0.2) is 0 Å². The van der Waals surface area contributed by atoms with E-state index in [-0.39, 0.29) is 6.15 Å². The summed E-state index contributed by atoms with van der Waals surface area (Å²) in [4.78, 5) is 11.1. The highest BCUT2D eigenvalue weighted by atomic mass is 16.4. The molecule has 4 N–H and O–H groups in total. The lowest BCUT2D eigenvalue weighted by molar-refractivity contribution is -0.142. The summed E-state index contributed by atoms with van der Waals surface area (Å²) in [6.07, 6.45) is 0. The largest absolute Gasteiger partial charge is 0.481 e. The zero-order valence-corrected chi connectivity index (χ0v) is 9.79. The maximum atomic E-state index is 11.1. The summed E-state index contributed by atoms with van der Waals surface area (Å²) in [5.41, 5.74) is 2.29. The summed E-state index contributed by atoms with van der Waals surface area (Å²) >= 11 is 0. The summed E-state index contributed by atoms with van der Waals surface area (Å²) in [5, 5.41) is 9.11. The number of benzene rings is 1. The zero-order valence-electron chi connectivity index (χ0n) is 9.79. The van der Waals surface area contributed by atoms with E-state index in [4.69, 9.17) is 5.11 Å². The summed E-state index contributed by atoms with van der Waals surface area (Å²) in [6, 6.07) is 5.79. The third kappa shape index (κ3) is 2.36. The lowest BCUT2D eigenvalue weighted by Crippen LogP contribution is -2.29. The van der Waals surface area contributed by atoms with Crippen molar-refractivity contribution in [1.82, 2.24) is 6.15 Å². The zero-order chi connectivity index (χ0) is 10.9. The molecule has 0 fully saturated rings. The Morgan fingerprint density at radius 3 is 2.27 bits per heavy atom. The average Bonchev–Trinajstić information content (AvgIpc) is 2.09. The van der Waals surface area contributed by atoms with Crippen molar-refractivity contribution in [3.8, 4) is 0 Å². The molecule has 0 bridgehead atoms. The van der Waals surface area contributed by atoms with Crippen LogP contribution in [0.5, 0.6) is 0 Å². The van der Waals surface area contributed by atoms with Crippen molar-refractivity contribution in [2.45, 2.75) is 33.1 Å². The molecule has 0 atom stereocenters. The lowest BCUT2D eigenvalue weighted by Gasteiger charge is -2.22. The topological polar surface area (TPSA) is 72.3 Å². The molecule has 1 aromatic rings. The Kier molecular flexibility index (Phi) is 4.05. The van der Waals surface area contributed by atoms with Gasteiger partial charge in [0, 0.05) is 0 Å². The van der Waals surface area contributed by atoms with E-state index >= 15 is 0 Å². The van der Waals surface area contributed by atoms with Gasteiger partial charge in [-0.05, 0) is 44.4 Å². The number of carboxylic acid groups (broad SMARTS) is 1. The molecule has 0 aliphatic carbocycles. The quantitative estimate of drug-likeness (QED) is 0.786. The van der Waals surface area contributed by atoms with Gasteiger partial charge in [0.15, 0.2) is 0 Å². The summed E-state index contributed by atoms with van der Waals surface area (Å²) in [5.74, 6) is -0.786. The minimum atomic E-state index is -0.809. The number of aliphatic carboxylic acids is 1. The standard InChI is InChI=1S/C12H16O2.H3N/c1-8-6-5-7-10(9(8)2)12(3,4)11(13)14;/h5-7H,1-4H3,(H,13,14);1H3. The Balaban J connectivity index is 0.00000196. The highest BCUT2D eigenvalue weighted by molar-refractivity contribution is 5.80. The molecule has 0 heterocycles. The Morgan fingerprint density at radius 1 is 1.27 bits per heavy atom. The van der Waals surface area contributed by atoms with Crippen molar-refractivity contribution in [2.24, 2.45) is 0 Å². The predicted molar refractivity (Wildman–Crippen MR) is 61.6 cm³/mol. The van der Waals surface area contributed by atoms with Crippen LogP contribution in [0.15, 0.2) is 18.2 Å². The molecule has 3 heteroatoms. The van der Waals surface area contributed by atoms with E-state index < -0.39 is 11.4 Å². The van der Waals surface area contributed by atoms with Gasteiger partial charge in [-0.3, -0.25) is 4.79 Å². The van der Waals surface area contributed by atoms with Gasteiger partial charge < -0.3 is 11.3 Å². The molecule has 1 rings (SSSR count). The fraction of sp³-hybridized carbons (Fsp3) is 0.417. The molecule has 3 nitrogen and oxygen atoms in total. The second-order valence-electron chi connectivity index (χ2n) is 4.18. The number of hydrogen-bond acceptors (Lipinski definition) is 2. The van der Waals surface area contributed by atoms with Gasteiger partial charge in [0.1, 0.15) is 0 Å². The Labute approximate surface area is 90.7 Å². The first-order valence-corrected chi connectivity index (χ1v) is 4.67. The molecular weight excluding hydrogens is 190 g/mol. The van der Waals surface area contributed by atoms with Crippen LogP contribution in [0.3, 0.4) is 0 Å². The molecule has 0 radical (unpaired) electrons. The molecule has 0 amide bonds. The highest BCUT2D eigenvalue weighted by Crippen LogP contribution is 2.27. The fourth-order valence-corrected chi connectivity index (χ4v) is 1.54. The number of rotatable bonds is 2. The van der Waals surface area contributed by atoms with Crippen LogP contribution < -0.4 is 6.15 Å². The number of carbonyl (C=O) groups is 1. The summed E-state index contributed by atoms with van der Waals surface area (Å²) in [6.45, 7) is 7.43. The van der Waals surface area contributed by atoms with Crippen LogP contribution in [0, 0.1) is 13.8 Å². The molecule has 0 saturated carbocycles. The van der Waals surface area contributed by atoms with Crippen molar-refractivity contribution in [3.63, 3.8) is 0 Å². The van der Waals surface area contributed by atoms with E-state index in [0.717, 1.165) is 16.7 Å². The SMILES string of the molecule is Cc1cccc(C(C)(C)C(=O)O)c1C.N. The van der Waals surface area contributed by atoms with Crippen molar-refractivity contribution in [2.75, 3.05) is 0 Å². The molecule has 0 saturated heterocycles. The Bertz CT molecular complexity index is 370. The monoisotopic (exact) mass is 209 g/mol. The molecule has 0 spiro atoms. The first kappa shape index (κ1) is 13.7. The van der Waals surface area contributed by atoms with E-state index in [2.05, 4.69) is 0 Å². The average molecular weight is 209 g/mol. The smallest absolute Gasteiger partial charge is 0.313 e. The van der Waals surface area contributed by atoms with Gasteiger partial charge in [-0.15, -0.1) is 0 Å². The second kappa shape index (κ2) is 4.45. The molecule has 0 aliphatic heterocycles. The Morgan fingerprint density at radius 2 is 1.80 bits per heavy atom. The van der Waals surface area contributed by atoms with E-state index in [9.17, 15) is 4.79 Å². The first-order chi connectivity index (χ1) is 6.37. The summed E-state index contributed by atoms with van der Waals surface area (Å²) < 4.78 is 0. The molecule has 15 heavy (non-hydrogen) atoms. The van der Waals surface area contributed by atoms with Gasteiger partial charge in [0.2, 0.25) is 0 Å². The third-order valence-corrected chi connectivity index (χ3v) is 2.81. The Hall–Kier alpha value is -1.35. The lowest BCUT2D eigenvalue weighted by atomic mass is 9.81. The molecule has 0 unspecified atom stereocenters. The molecule has 84 valence electrons. The molecule has 1 aromatic carbocycles. The predicted octanol–water partition coefficient (Wildman–Crippen LogP) is 2.83. The van der Waals surface area contributed by atoms with E-state index in [1.54, 1.807) is 13.8 Å². The van der Waals surface area contributed by atoms with Crippen LogP contribution in [0.2, 0.25) is 0 Å². The van der Waals surface area contributed by atoms with E-state index in [1.807, 2.05) is 32.0 Å². The van der Waals surface area contributed by atoms with Crippen molar-refractivity contribution >= 4 is 5.97 Å². The van der Waals surface area contributed by atoms with Crippen LogP contribution in [0.4, 0.5) is 0 Å². The number of carboxylic acids is 1. The fourth-order valence-electron chi connectivity index (χ4n) is 1.54. The second-order valence-corrected chi connectivity index (χ2v) is 4.18. The normalized spacial score (nSPS) is 10.7. The van der Waals surface area contributed by atoms with Gasteiger partial charge >= 0.3 is 5.97 Å². The molecule has 0 aliphatic rings. The van der Waals surface area contributed by atoms with Crippen molar-refractivity contribution < 1.29 is 9.90 Å². The maximum Gasteiger partial charge on any atom is 0.313 e. The highest BCUT2D eigenvalue weighted by Gasteiger charge is 2.30. The number of aryl methyl sites for hydroxylation is 1. The van der Waals surface area contributed by atoms with Crippen LogP contribution in [0.25, 0.3) is 0 Å². The third-order valence-electron chi connectivity index (χ3n) is 2.81. The molecule has 0 aromatic heterocycles. The maximum absolute atomic E-state index is 11.1. The van der Waals surface area contributed by atoms with Crippen LogP contribution in [0.1, 0.15) is 30.5 Å². The van der Waals surface area contributed by atoms with Gasteiger partial charge in [-0.2, -0.15) is 0 Å². The van der Waals surface area contributed by atoms with Gasteiger partial charge in [0.05, 0.1) is 5.41 Å². The minimum absolute atomic E-state index is 0. The van der Waals surface area contributed by atoms with Crippen molar-refractivity contribution in [3.05, 3.63) is 34.9 Å². The minimum Gasteiger partial charge on any atom is -0.481 e. The van der Waals surface area contributed by atoms with Crippen LogP contribution in [-0.2, 0) is 10.2 Å². The first-order valence-electron chi connectivity index (χ1n) is 4.67.